The van der Waals surface area contributed by atoms with E-state index < -0.39 is 5.97 Å². The smallest absolute Gasteiger partial charge is 0.306 e. The second-order valence-corrected chi connectivity index (χ2v) is 8.26. The van der Waals surface area contributed by atoms with E-state index in [1.807, 2.05) is 24.3 Å². The predicted molar refractivity (Wildman–Crippen MR) is 101 cm³/mol. The number of nitrogens with zero attached hydrogens (tertiary/aromatic N) is 1. The van der Waals surface area contributed by atoms with Crippen molar-refractivity contribution < 1.29 is 14.6 Å². The Morgan fingerprint density at radius 3 is 2.56 bits per heavy atom. The number of ether oxygens (including phenoxy) is 1. The predicted octanol–water partition coefficient (Wildman–Crippen LogP) is 4.95. The fourth-order valence-electron chi connectivity index (χ4n) is 3.33. The number of aliphatic carboxylic acids is 1. The van der Waals surface area contributed by atoms with Crippen molar-refractivity contribution in [2.45, 2.75) is 18.9 Å². The van der Waals surface area contributed by atoms with Gasteiger partial charge in [0.2, 0.25) is 0 Å². The Morgan fingerprint density at radius 2 is 2.00 bits per heavy atom. The van der Waals surface area contributed by atoms with Crippen molar-refractivity contribution in [3.8, 4) is 5.75 Å². The van der Waals surface area contributed by atoms with Crippen LogP contribution in [0, 0.1) is 5.92 Å². The van der Waals surface area contributed by atoms with E-state index >= 15 is 0 Å². The summed E-state index contributed by atoms with van der Waals surface area (Å²) in [6.45, 7) is 1.40. The molecule has 1 fully saturated rings. The van der Waals surface area contributed by atoms with Gasteiger partial charge in [0.1, 0.15) is 5.75 Å². The molecule has 1 aromatic carbocycles. The lowest BCUT2D eigenvalue weighted by Crippen LogP contribution is -2.39. The standard InChI is InChI=1S/C18H19Cl2NO3S/c1-24-14-3-2-12(19)10-13(14)17(15-4-5-16(20)25-15)21-8-6-11(7-9-21)18(22)23/h2-5,10-11,17H,6-9H2,1H3,(H,22,23). The third-order valence-electron chi connectivity index (χ3n) is 4.59. The van der Waals surface area contributed by atoms with Crippen molar-refractivity contribution in [2.24, 2.45) is 5.92 Å². The van der Waals surface area contributed by atoms with Gasteiger partial charge < -0.3 is 9.84 Å². The van der Waals surface area contributed by atoms with E-state index in [0.717, 1.165) is 20.5 Å². The average Bonchev–Trinajstić information content (AvgIpc) is 3.02. The molecule has 0 bridgehead atoms. The van der Waals surface area contributed by atoms with Gasteiger partial charge in [0.25, 0.3) is 0 Å². The fourth-order valence-corrected chi connectivity index (χ4v) is 4.72. The maximum Gasteiger partial charge on any atom is 0.306 e. The number of rotatable bonds is 5. The number of hydrogen-bond donors (Lipinski definition) is 1. The first-order valence-corrected chi connectivity index (χ1v) is 9.62. The van der Waals surface area contributed by atoms with Gasteiger partial charge in [-0.3, -0.25) is 9.69 Å². The molecule has 134 valence electrons. The summed E-state index contributed by atoms with van der Waals surface area (Å²) in [6, 6.07) is 9.43. The van der Waals surface area contributed by atoms with Crippen molar-refractivity contribution >= 4 is 40.5 Å². The van der Waals surface area contributed by atoms with Gasteiger partial charge in [0.05, 0.1) is 23.4 Å². The van der Waals surface area contributed by atoms with Gasteiger partial charge in [-0.15, -0.1) is 11.3 Å². The van der Waals surface area contributed by atoms with Gasteiger partial charge in [-0.05, 0) is 56.3 Å². The molecule has 1 aromatic heterocycles. The lowest BCUT2D eigenvalue weighted by atomic mass is 9.93. The Labute approximate surface area is 160 Å². The van der Waals surface area contributed by atoms with Crippen molar-refractivity contribution in [3.63, 3.8) is 0 Å². The highest BCUT2D eigenvalue weighted by molar-refractivity contribution is 7.16. The van der Waals surface area contributed by atoms with Crippen LogP contribution in [0.3, 0.4) is 0 Å². The summed E-state index contributed by atoms with van der Waals surface area (Å²) < 4.78 is 6.28. The van der Waals surface area contributed by atoms with Crippen molar-refractivity contribution in [2.75, 3.05) is 20.2 Å². The van der Waals surface area contributed by atoms with Crippen LogP contribution in [0.25, 0.3) is 0 Å². The number of thiophene rings is 1. The first-order valence-electron chi connectivity index (χ1n) is 8.05. The van der Waals surface area contributed by atoms with Crippen LogP contribution in [0.5, 0.6) is 5.75 Å². The molecule has 1 N–H and O–H groups in total. The zero-order chi connectivity index (χ0) is 18.0. The largest absolute Gasteiger partial charge is 0.496 e. The Hall–Kier alpha value is -1.27. The van der Waals surface area contributed by atoms with Gasteiger partial charge in [-0.1, -0.05) is 23.2 Å². The minimum Gasteiger partial charge on any atom is -0.496 e. The van der Waals surface area contributed by atoms with Gasteiger partial charge in [-0.2, -0.15) is 0 Å². The monoisotopic (exact) mass is 399 g/mol. The molecule has 1 aliphatic heterocycles. The van der Waals surface area contributed by atoms with Crippen LogP contribution in [-0.4, -0.2) is 36.2 Å². The summed E-state index contributed by atoms with van der Waals surface area (Å²) in [4.78, 5) is 14.6. The highest BCUT2D eigenvalue weighted by Crippen LogP contribution is 2.41. The van der Waals surface area contributed by atoms with Crippen LogP contribution < -0.4 is 4.74 Å². The number of carboxylic acids is 1. The molecule has 1 unspecified atom stereocenters. The Bertz CT molecular complexity index is 757. The lowest BCUT2D eigenvalue weighted by molar-refractivity contribution is -0.143. The molecule has 0 radical (unpaired) electrons. The first kappa shape index (κ1) is 18.5. The fraction of sp³-hybridized carbons (Fsp3) is 0.389. The van der Waals surface area contributed by atoms with E-state index in [-0.39, 0.29) is 12.0 Å². The number of halogens is 2. The summed E-state index contributed by atoms with van der Waals surface area (Å²) in [5.41, 5.74) is 0.974. The summed E-state index contributed by atoms with van der Waals surface area (Å²) in [6.07, 6.45) is 1.27. The summed E-state index contributed by atoms with van der Waals surface area (Å²) in [5, 5.41) is 9.89. The lowest BCUT2D eigenvalue weighted by Gasteiger charge is -2.36. The minimum absolute atomic E-state index is 0.0547. The maximum atomic E-state index is 11.2. The highest BCUT2D eigenvalue weighted by Gasteiger charge is 2.32. The zero-order valence-corrected chi connectivity index (χ0v) is 16.1. The topological polar surface area (TPSA) is 49.8 Å². The molecular formula is C18H19Cl2NO3S. The third-order valence-corrected chi connectivity index (χ3v) is 6.11. The van der Waals surface area contributed by atoms with Crippen LogP contribution in [0.1, 0.15) is 29.3 Å². The molecule has 1 saturated heterocycles. The maximum absolute atomic E-state index is 11.2. The van der Waals surface area contributed by atoms with Gasteiger partial charge in [0.15, 0.2) is 0 Å². The van der Waals surface area contributed by atoms with Gasteiger partial charge in [-0.25, -0.2) is 0 Å². The van der Waals surface area contributed by atoms with E-state index in [9.17, 15) is 9.90 Å². The molecule has 2 heterocycles. The minimum atomic E-state index is -0.712. The number of piperidine rings is 1. The number of carboxylic acid groups (broad SMARTS) is 1. The summed E-state index contributed by atoms with van der Waals surface area (Å²) >= 11 is 13.9. The van der Waals surface area contributed by atoms with Crippen molar-refractivity contribution in [3.05, 3.63) is 50.1 Å². The Morgan fingerprint density at radius 1 is 1.28 bits per heavy atom. The van der Waals surface area contributed by atoms with Gasteiger partial charge in [0, 0.05) is 15.5 Å². The average molecular weight is 400 g/mol. The molecule has 3 rings (SSSR count). The van der Waals surface area contributed by atoms with E-state index in [2.05, 4.69) is 4.90 Å². The quantitative estimate of drug-likeness (QED) is 0.772. The van der Waals surface area contributed by atoms with Crippen LogP contribution in [-0.2, 0) is 4.79 Å². The molecule has 0 amide bonds. The summed E-state index contributed by atoms with van der Waals surface area (Å²) in [5.74, 6) is -0.222. The molecule has 1 atom stereocenters. The second-order valence-electron chi connectivity index (χ2n) is 6.08. The van der Waals surface area contributed by atoms with E-state index in [1.165, 1.54) is 11.3 Å². The molecule has 0 spiro atoms. The number of benzene rings is 1. The SMILES string of the molecule is COc1ccc(Cl)cc1C(c1ccc(Cl)s1)N1CCC(C(=O)O)CC1. The molecule has 1 aliphatic rings. The Kier molecular flexibility index (Phi) is 5.89. The number of likely N-dealkylation sites (tertiary alicyclic amines) is 1. The molecule has 25 heavy (non-hydrogen) atoms. The highest BCUT2D eigenvalue weighted by atomic mass is 35.5. The van der Waals surface area contributed by atoms with E-state index in [1.54, 1.807) is 13.2 Å². The normalized spacial score (nSPS) is 17.4. The number of carbonyl (C=O) groups is 1. The first-order chi connectivity index (χ1) is 12.0. The number of methoxy groups -OCH3 is 1. The van der Waals surface area contributed by atoms with Crippen LogP contribution in [0.4, 0.5) is 0 Å². The van der Waals surface area contributed by atoms with Crippen molar-refractivity contribution in [1.29, 1.82) is 0 Å². The molecule has 0 saturated carbocycles. The van der Waals surface area contributed by atoms with Gasteiger partial charge >= 0.3 is 5.97 Å². The van der Waals surface area contributed by atoms with Crippen LogP contribution in [0.2, 0.25) is 9.36 Å². The van der Waals surface area contributed by atoms with Crippen molar-refractivity contribution in [1.82, 2.24) is 4.90 Å². The second kappa shape index (κ2) is 7.96. The molecule has 0 aliphatic carbocycles. The molecular weight excluding hydrogens is 381 g/mol. The van der Waals surface area contributed by atoms with E-state index in [0.29, 0.717) is 31.0 Å². The molecule has 2 aromatic rings. The zero-order valence-electron chi connectivity index (χ0n) is 13.7. The van der Waals surface area contributed by atoms with Crippen LogP contribution >= 0.6 is 34.5 Å². The van der Waals surface area contributed by atoms with Crippen LogP contribution in [0.15, 0.2) is 30.3 Å². The molecule has 7 heteroatoms. The summed E-state index contributed by atoms with van der Waals surface area (Å²) in [7, 11) is 1.64. The van der Waals surface area contributed by atoms with E-state index in [4.69, 9.17) is 27.9 Å². The number of hydrogen-bond acceptors (Lipinski definition) is 4. The Balaban J connectivity index is 1.97. The molecule has 4 nitrogen and oxygen atoms in total. The third kappa shape index (κ3) is 4.11.